The summed E-state index contributed by atoms with van der Waals surface area (Å²) in [6.07, 6.45) is 3.74. The van der Waals surface area contributed by atoms with Crippen LogP contribution in [-0.2, 0) is 26.3 Å². The highest BCUT2D eigenvalue weighted by molar-refractivity contribution is 7.87. The Hall–Kier alpha value is -3.07. The molecule has 0 spiro atoms. The van der Waals surface area contributed by atoms with Gasteiger partial charge in [-0.3, -0.25) is 9.59 Å². The van der Waals surface area contributed by atoms with E-state index in [0.717, 1.165) is 31.2 Å². The molecule has 1 N–H and O–H groups in total. The van der Waals surface area contributed by atoms with Crippen molar-refractivity contribution in [3.8, 4) is 11.5 Å². The number of methoxy groups -OCH3 is 1. The molecule has 0 radical (unpaired) electrons. The van der Waals surface area contributed by atoms with Crippen LogP contribution in [0.2, 0.25) is 0 Å². The lowest BCUT2D eigenvalue weighted by molar-refractivity contribution is -0.141. The standard InChI is InChI=1S/C25H32N2O6S/c1-5-17(2)27(25(29)20-7-6-8-20)16-19-9-14-23(32-4)24(15-19)33-34(30,31)22-12-10-21(11-13-22)26-18(3)28/h9-15,17,20H,5-8,16H2,1-4H3,(H,26,28)/t17-/m0/s1. The van der Waals surface area contributed by atoms with Crippen molar-refractivity contribution in [3.05, 3.63) is 48.0 Å². The number of nitrogens with one attached hydrogen (secondary N) is 1. The third-order valence-corrected chi connectivity index (χ3v) is 7.35. The Morgan fingerprint density at radius 3 is 2.32 bits per heavy atom. The fourth-order valence-corrected chi connectivity index (χ4v) is 4.65. The molecule has 0 bridgehead atoms. The Morgan fingerprint density at radius 1 is 1.12 bits per heavy atom. The minimum Gasteiger partial charge on any atom is -0.493 e. The normalized spacial score (nSPS) is 14.6. The summed E-state index contributed by atoms with van der Waals surface area (Å²) in [6, 6.07) is 10.8. The van der Waals surface area contributed by atoms with E-state index in [1.807, 2.05) is 24.8 Å². The Balaban J connectivity index is 1.84. The number of anilines is 1. The van der Waals surface area contributed by atoms with Crippen molar-refractivity contribution < 1.29 is 26.9 Å². The minimum atomic E-state index is -4.16. The van der Waals surface area contributed by atoms with E-state index in [2.05, 4.69) is 5.32 Å². The number of carbonyl (C=O) groups excluding carboxylic acids is 2. The SMILES string of the molecule is CC[C@H](C)N(Cc1ccc(OC)c(OS(=O)(=O)c2ccc(NC(C)=O)cc2)c1)C(=O)C1CCC1. The zero-order valence-electron chi connectivity index (χ0n) is 20.0. The van der Waals surface area contributed by atoms with E-state index >= 15 is 0 Å². The Bertz CT molecular complexity index is 1130. The van der Waals surface area contributed by atoms with Gasteiger partial charge in [-0.1, -0.05) is 19.4 Å². The fraction of sp³-hybridized carbons (Fsp3) is 0.440. The quantitative estimate of drug-likeness (QED) is 0.499. The molecule has 1 atom stereocenters. The first-order valence-electron chi connectivity index (χ1n) is 11.4. The van der Waals surface area contributed by atoms with Gasteiger partial charge in [-0.05, 0) is 68.1 Å². The van der Waals surface area contributed by atoms with Crippen LogP contribution in [0.5, 0.6) is 11.5 Å². The lowest BCUT2D eigenvalue weighted by Gasteiger charge is -2.35. The van der Waals surface area contributed by atoms with Gasteiger partial charge >= 0.3 is 10.1 Å². The summed E-state index contributed by atoms with van der Waals surface area (Å²) in [7, 11) is -2.72. The largest absolute Gasteiger partial charge is 0.493 e. The molecule has 8 nitrogen and oxygen atoms in total. The predicted molar refractivity (Wildman–Crippen MR) is 129 cm³/mol. The van der Waals surface area contributed by atoms with E-state index in [-0.39, 0.29) is 40.2 Å². The van der Waals surface area contributed by atoms with Crippen LogP contribution < -0.4 is 14.2 Å². The molecule has 0 unspecified atom stereocenters. The number of carbonyl (C=O) groups is 2. The van der Waals surface area contributed by atoms with Crippen LogP contribution in [0.4, 0.5) is 5.69 Å². The van der Waals surface area contributed by atoms with Gasteiger partial charge in [0, 0.05) is 31.1 Å². The fourth-order valence-electron chi connectivity index (χ4n) is 3.72. The van der Waals surface area contributed by atoms with Gasteiger partial charge in [-0.25, -0.2) is 0 Å². The highest BCUT2D eigenvalue weighted by Crippen LogP contribution is 2.33. The van der Waals surface area contributed by atoms with E-state index in [1.165, 1.54) is 38.3 Å². The van der Waals surface area contributed by atoms with Crippen LogP contribution in [0.3, 0.4) is 0 Å². The average molecular weight is 489 g/mol. The van der Waals surface area contributed by atoms with Crippen LogP contribution in [0.15, 0.2) is 47.4 Å². The molecule has 0 aliphatic heterocycles. The van der Waals surface area contributed by atoms with Crippen molar-refractivity contribution in [1.82, 2.24) is 4.90 Å². The molecule has 2 amide bonds. The van der Waals surface area contributed by atoms with Gasteiger partial charge in [-0.15, -0.1) is 0 Å². The van der Waals surface area contributed by atoms with Crippen LogP contribution >= 0.6 is 0 Å². The zero-order chi connectivity index (χ0) is 24.9. The van der Waals surface area contributed by atoms with Crippen LogP contribution in [0, 0.1) is 5.92 Å². The lowest BCUT2D eigenvalue weighted by Crippen LogP contribution is -2.43. The number of nitrogens with zero attached hydrogens (tertiary/aromatic N) is 1. The maximum atomic E-state index is 13.0. The second-order valence-corrected chi connectivity index (χ2v) is 10.1. The summed E-state index contributed by atoms with van der Waals surface area (Å²) in [6.45, 7) is 5.79. The second-order valence-electron chi connectivity index (χ2n) is 8.58. The van der Waals surface area contributed by atoms with Crippen LogP contribution in [-0.4, -0.2) is 38.3 Å². The molecule has 2 aromatic rings. The average Bonchev–Trinajstić information content (AvgIpc) is 2.75. The summed E-state index contributed by atoms with van der Waals surface area (Å²) in [5.74, 6) is 0.277. The molecule has 9 heteroatoms. The molecule has 3 rings (SSSR count). The smallest absolute Gasteiger partial charge is 0.339 e. The monoisotopic (exact) mass is 488 g/mol. The summed E-state index contributed by atoms with van der Waals surface area (Å²) in [5, 5.41) is 2.59. The van der Waals surface area contributed by atoms with Crippen molar-refractivity contribution in [2.45, 2.75) is 63.9 Å². The Kier molecular flexibility index (Phi) is 8.19. The molecule has 1 saturated carbocycles. The first-order valence-corrected chi connectivity index (χ1v) is 12.8. The first-order chi connectivity index (χ1) is 16.1. The highest BCUT2D eigenvalue weighted by atomic mass is 32.2. The summed E-state index contributed by atoms with van der Waals surface area (Å²) < 4.78 is 36.6. The Morgan fingerprint density at radius 2 is 1.79 bits per heavy atom. The van der Waals surface area contributed by atoms with E-state index in [4.69, 9.17) is 8.92 Å². The molecular formula is C25H32N2O6S. The van der Waals surface area contributed by atoms with Crippen molar-refractivity contribution in [3.63, 3.8) is 0 Å². The van der Waals surface area contributed by atoms with Crippen LogP contribution in [0.25, 0.3) is 0 Å². The van der Waals surface area contributed by atoms with Crippen molar-refractivity contribution >= 4 is 27.6 Å². The molecule has 0 heterocycles. The maximum absolute atomic E-state index is 13.0. The first kappa shape index (κ1) is 25.6. The molecule has 1 aliphatic carbocycles. The number of amides is 2. The van der Waals surface area contributed by atoms with Gasteiger partial charge in [0.2, 0.25) is 11.8 Å². The van der Waals surface area contributed by atoms with E-state index in [9.17, 15) is 18.0 Å². The number of benzene rings is 2. The van der Waals surface area contributed by atoms with Crippen LogP contribution in [0.1, 0.15) is 52.0 Å². The van der Waals surface area contributed by atoms with Gasteiger partial charge in [0.1, 0.15) is 4.90 Å². The molecule has 184 valence electrons. The van der Waals surface area contributed by atoms with Gasteiger partial charge in [0.25, 0.3) is 0 Å². The highest BCUT2D eigenvalue weighted by Gasteiger charge is 2.31. The zero-order valence-corrected chi connectivity index (χ0v) is 20.9. The van der Waals surface area contributed by atoms with E-state index < -0.39 is 10.1 Å². The lowest BCUT2D eigenvalue weighted by atomic mass is 9.84. The Labute approximate surface area is 201 Å². The van der Waals surface area contributed by atoms with E-state index in [1.54, 1.807) is 12.1 Å². The second kappa shape index (κ2) is 10.9. The predicted octanol–water partition coefficient (Wildman–Crippen LogP) is 4.35. The molecule has 1 fully saturated rings. The molecule has 1 aliphatic rings. The van der Waals surface area contributed by atoms with Gasteiger partial charge in [-0.2, -0.15) is 8.42 Å². The third kappa shape index (κ3) is 6.08. The van der Waals surface area contributed by atoms with Crippen molar-refractivity contribution in [1.29, 1.82) is 0 Å². The molecule has 2 aromatic carbocycles. The van der Waals surface area contributed by atoms with Crippen molar-refractivity contribution in [2.75, 3.05) is 12.4 Å². The summed E-state index contributed by atoms with van der Waals surface area (Å²) in [5.41, 5.74) is 1.23. The topological polar surface area (TPSA) is 102 Å². The molecule has 0 aromatic heterocycles. The number of ether oxygens (including phenoxy) is 1. The van der Waals surface area contributed by atoms with Gasteiger partial charge < -0.3 is 19.1 Å². The van der Waals surface area contributed by atoms with Gasteiger partial charge in [0.15, 0.2) is 11.5 Å². The summed E-state index contributed by atoms with van der Waals surface area (Å²) in [4.78, 5) is 26.0. The van der Waals surface area contributed by atoms with Gasteiger partial charge in [0.05, 0.1) is 7.11 Å². The molecule has 0 saturated heterocycles. The number of rotatable bonds is 10. The number of hydrogen-bond donors (Lipinski definition) is 1. The third-order valence-electron chi connectivity index (χ3n) is 6.10. The summed E-state index contributed by atoms with van der Waals surface area (Å²) >= 11 is 0. The molecule has 34 heavy (non-hydrogen) atoms. The molecular weight excluding hydrogens is 456 g/mol. The van der Waals surface area contributed by atoms with Crippen molar-refractivity contribution in [2.24, 2.45) is 5.92 Å². The maximum Gasteiger partial charge on any atom is 0.339 e. The minimum absolute atomic E-state index is 0.0473. The number of hydrogen-bond acceptors (Lipinski definition) is 6. The van der Waals surface area contributed by atoms with E-state index in [0.29, 0.717) is 12.2 Å².